The van der Waals surface area contributed by atoms with Gasteiger partial charge in [-0.2, -0.15) is 0 Å². The molecule has 0 atom stereocenters. The molecule has 2 aliphatic rings. The minimum atomic E-state index is -0.394. The predicted octanol–water partition coefficient (Wildman–Crippen LogP) is 12.0. The monoisotopic (exact) mass is 619 g/mol. The van der Waals surface area contributed by atoms with E-state index in [9.17, 15) is 0 Å². The first-order chi connectivity index (χ1) is 22.8. The first kappa shape index (κ1) is 25.1. The summed E-state index contributed by atoms with van der Waals surface area (Å²) in [6, 6.07) is 56.8. The van der Waals surface area contributed by atoms with Crippen LogP contribution in [0.4, 0.5) is 0 Å². The molecule has 214 valence electrons. The summed E-state index contributed by atoms with van der Waals surface area (Å²) < 4.78 is 5.19. The zero-order valence-corrected chi connectivity index (χ0v) is 26.3. The summed E-state index contributed by atoms with van der Waals surface area (Å²) in [5, 5.41) is 5.25. The van der Waals surface area contributed by atoms with Gasteiger partial charge in [0.15, 0.2) is 0 Å². The van der Waals surface area contributed by atoms with Crippen LogP contribution in [0.5, 0.6) is 0 Å². The molecule has 0 saturated carbocycles. The molecule has 0 saturated heterocycles. The fourth-order valence-corrected chi connectivity index (χ4v) is 10.9. The van der Waals surface area contributed by atoms with Crippen molar-refractivity contribution in [3.63, 3.8) is 0 Å². The minimum Gasteiger partial charge on any atom is -0.308 e. The molecule has 46 heavy (non-hydrogen) atoms. The topological polar surface area (TPSA) is 4.93 Å². The number of hydrogen-bond donors (Lipinski definition) is 0. The summed E-state index contributed by atoms with van der Waals surface area (Å²) in [5.74, 6) is 0. The number of nitrogens with zero attached hydrogens (tertiary/aromatic N) is 1. The van der Waals surface area contributed by atoms with E-state index in [0.717, 1.165) is 0 Å². The van der Waals surface area contributed by atoms with Crippen molar-refractivity contribution in [3.8, 4) is 16.8 Å². The van der Waals surface area contributed by atoms with Gasteiger partial charge in [-0.05, 0) is 63.7 Å². The zero-order chi connectivity index (χ0) is 30.0. The van der Waals surface area contributed by atoms with Gasteiger partial charge in [-0.3, -0.25) is 0 Å². The third-order valence-corrected chi connectivity index (χ3v) is 12.6. The van der Waals surface area contributed by atoms with Crippen molar-refractivity contribution in [2.24, 2.45) is 0 Å². The van der Waals surface area contributed by atoms with Gasteiger partial charge in [0, 0.05) is 46.4 Å². The molecule has 0 bridgehead atoms. The summed E-state index contributed by atoms with van der Waals surface area (Å²) in [5.41, 5.74) is 11.5. The number of fused-ring (bicyclic) bond motifs is 16. The molecule has 0 radical (unpaired) electrons. The quantitative estimate of drug-likeness (QED) is 0.177. The summed E-state index contributed by atoms with van der Waals surface area (Å²) in [6.07, 6.45) is 0. The fourth-order valence-electron chi connectivity index (χ4n) is 8.48. The van der Waals surface area contributed by atoms with Gasteiger partial charge in [-0.25, -0.2) is 0 Å². The standard InChI is InChI=1S/C43H25NS2/c1-5-15-33-27(11-1)28-12-2-6-16-34(28)43(33)35-17-7-10-20-39(35)46-42-36(43)24-23-32-29-13-3-8-18-37(29)44(41(32)42)26-21-22-31-30-14-4-9-19-38(30)45-40(31)25-26/h1-25H. The lowest BCUT2D eigenvalue weighted by Gasteiger charge is -2.40. The number of hydrogen-bond acceptors (Lipinski definition) is 2. The van der Waals surface area contributed by atoms with E-state index < -0.39 is 5.41 Å². The van der Waals surface area contributed by atoms with E-state index in [2.05, 4.69) is 156 Å². The van der Waals surface area contributed by atoms with E-state index in [4.69, 9.17) is 0 Å². The van der Waals surface area contributed by atoms with Crippen LogP contribution in [-0.4, -0.2) is 4.57 Å². The van der Waals surface area contributed by atoms with Gasteiger partial charge < -0.3 is 4.57 Å². The molecule has 1 aliphatic carbocycles. The molecule has 7 aromatic carbocycles. The van der Waals surface area contributed by atoms with Crippen LogP contribution in [0.2, 0.25) is 0 Å². The molecular formula is C43H25NS2. The van der Waals surface area contributed by atoms with Gasteiger partial charge >= 0.3 is 0 Å². The Bertz CT molecular complexity index is 2700. The molecule has 9 aromatic rings. The van der Waals surface area contributed by atoms with E-state index in [1.807, 2.05) is 23.1 Å². The highest BCUT2D eigenvalue weighted by molar-refractivity contribution is 7.99. The number of thiophene rings is 1. The molecule has 11 rings (SSSR count). The van der Waals surface area contributed by atoms with Crippen LogP contribution in [0.15, 0.2) is 161 Å². The molecule has 1 aliphatic heterocycles. The largest absolute Gasteiger partial charge is 0.308 e. The lowest BCUT2D eigenvalue weighted by Crippen LogP contribution is -2.32. The minimum absolute atomic E-state index is 0.394. The van der Waals surface area contributed by atoms with E-state index in [-0.39, 0.29) is 0 Å². The van der Waals surface area contributed by atoms with Gasteiger partial charge in [-0.1, -0.05) is 133 Å². The lowest BCUT2D eigenvalue weighted by molar-refractivity contribution is 0.724. The normalized spacial score (nSPS) is 14.2. The molecule has 0 unspecified atom stereocenters. The Kier molecular flexibility index (Phi) is 4.92. The van der Waals surface area contributed by atoms with E-state index in [1.165, 1.54) is 90.8 Å². The number of benzene rings is 7. The summed E-state index contributed by atoms with van der Waals surface area (Å²) in [6.45, 7) is 0. The SMILES string of the molecule is c1ccc2c(c1)Sc1c(ccc3c4ccccc4n(-c4ccc5c(c4)sc4ccccc45)c13)C21c2ccccc2-c2ccccc21. The zero-order valence-electron chi connectivity index (χ0n) is 24.7. The number of rotatable bonds is 1. The van der Waals surface area contributed by atoms with Crippen LogP contribution < -0.4 is 0 Å². The van der Waals surface area contributed by atoms with Crippen LogP contribution in [0.3, 0.4) is 0 Å². The van der Waals surface area contributed by atoms with Crippen molar-refractivity contribution >= 4 is 65.1 Å². The maximum Gasteiger partial charge on any atom is 0.0736 e. The van der Waals surface area contributed by atoms with Gasteiger partial charge in [-0.15, -0.1) is 11.3 Å². The Morgan fingerprint density at radius 3 is 1.91 bits per heavy atom. The Morgan fingerprint density at radius 1 is 0.457 bits per heavy atom. The fraction of sp³-hybridized carbons (Fsp3) is 0.0233. The van der Waals surface area contributed by atoms with Crippen molar-refractivity contribution in [1.82, 2.24) is 4.57 Å². The van der Waals surface area contributed by atoms with Gasteiger partial charge in [0.2, 0.25) is 0 Å². The number of para-hydroxylation sites is 1. The smallest absolute Gasteiger partial charge is 0.0736 e. The third-order valence-electron chi connectivity index (χ3n) is 10.3. The van der Waals surface area contributed by atoms with Gasteiger partial charge in [0.05, 0.1) is 16.4 Å². The van der Waals surface area contributed by atoms with Gasteiger partial charge in [0.25, 0.3) is 0 Å². The molecule has 3 heterocycles. The summed E-state index contributed by atoms with van der Waals surface area (Å²) in [4.78, 5) is 2.67. The molecule has 1 nitrogen and oxygen atoms in total. The van der Waals surface area contributed by atoms with Crippen molar-refractivity contribution in [1.29, 1.82) is 0 Å². The van der Waals surface area contributed by atoms with Crippen LogP contribution in [0.25, 0.3) is 58.8 Å². The van der Waals surface area contributed by atoms with Crippen molar-refractivity contribution in [2.75, 3.05) is 0 Å². The second-order valence-corrected chi connectivity index (χ2v) is 14.5. The Balaban J connectivity index is 1.30. The van der Waals surface area contributed by atoms with Crippen molar-refractivity contribution < 1.29 is 0 Å². The van der Waals surface area contributed by atoms with Crippen molar-refractivity contribution in [3.05, 3.63) is 174 Å². The van der Waals surface area contributed by atoms with E-state index in [1.54, 1.807) is 0 Å². The van der Waals surface area contributed by atoms with Crippen LogP contribution in [-0.2, 0) is 5.41 Å². The molecule has 0 amide bonds. The summed E-state index contributed by atoms with van der Waals surface area (Å²) in [7, 11) is 0. The maximum atomic E-state index is 2.54. The highest BCUT2D eigenvalue weighted by Crippen LogP contribution is 2.63. The maximum absolute atomic E-state index is 2.54. The second-order valence-electron chi connectivity index (χ2n) is 12.4. The Labute approximate surface area is 274 Å². The molecule has 0 N–H and O–H groups in total. The average molecular weight is 620 g/mol. The summed E-state index contributed by atoms with van der Waals surface area (Å²) >= 11 is 3.82. The highest BCUT2D eigenvalue weighted by Gasteiger charge is 2.50. The van der Waals surface area contributed by atoms with Crippen LogP contribution in [0.1, 0.15) is 22.3 Å². The predicted molar refractivity (Wildman–Crippen MR) is 195 cm³/mol. The second kappa shape index (κ2) is 9.01. The van der Waals surface area contributed by atoms with Gasteiger partial charge in [0.1, 0.15) is 0 Å². The van der Waals surface area contributed by atoms with Crippen molar-refractivity contribution in [2.45, 2.75) is 15.2 Å². The molecule has 2 aromatic heterocycles. The first-order valence-corrected chi connectivity index (χ1v) is 17.4. The lowest BCUT2D eigenvalue weighted by atomic mass is 9.67. The number of aromatic nitrogens is 1. The third kappa shape index (κ3) is 3.03. The van der Waals surface area contributed by atoms with E-state index >= 15 is 0 Å². The molecule has 1 spiro atoms. The van der Waals surface area contributed by atoms with Crippen LogP contribution >= 0.6 is 23.1 Å². The Morgan fingerprint density at radius 2 is 1.09 bits per heavy atom. The molecule has 0 fully saturated rings. The average Bonchev–Trinajstić information content (AvgIpc) is 3.75. The Hall–Kier alpha value is -5.09. The molecular weight excluding hydrogens is 595 g/mol. The van der Waals surface area contributed by atoms with E-state index in [0.29, 0.717) is 0 Å². The van der Waals surface area contributed by atoms with Crippen LogP contribution in [0, 0.1) is 0 Å². The highest BCUT2D eigenvalue weighted by atomic mass is 32.2. The first-order valence-electron chi connectivity index (χ1n) is 15.8. The molecule has 3 heteroatoms.